The summed E-state index contributed by atoms with van der Waals surface area (Å²) in [6.45, 7) is 22.9. The van der Waals surface area contributed by atoms with E-state index in [2.05, 4.69) is 97.2 Å². The van der Waals surface area contributed by atoms with Crippen molar-refractivity contribution in [1.29, 1.82) is 26.3 Å². The smallest absolute Gasteiger partial charge is 0.344 e. The van der Waals surface area contributed by atoms with E-state index in [1.54, 1.807) is 44.0 Å². The number of aliphatic imine (C=N–C) groups is 1. The van der Waals surface area contributed by atoms with Crippen molar-refractivity contribution in [3.05, 3.63) is 227 Å². The predicted molar refractivity (Wildman–Crippen MR) is 494 cm³/mol. The second-order valence-corrected chi connectivity index (χ2v) is 35.9. The van der Waals surface area contributed by atoms with Gasteiger partial charge in [-0.25, -0.2) is 24.4 Å². The van der Waals surface area contributed by atoms with E-state index >= 15 is 0 Å². The molecule has 14 aliphatic heterocycles. The number of piperidine rings is 5. The summed E-state index contributed by atoms with van der Waals surface area (Å²) in [6.07, 6.45) is 22.7. The maximum absolute atomic E-state index is 13.3. The van der Waals surface area contributed by atoms with Crippen molar-refractivity contribution in [1.82, 2.24) is 83.8 Å². The molecule has 0 saturated carbocycles. The number of hydrazone groups is 1. The summed E-state index contributed by atoms with van der Waals surface area (Å²) in [5.74, 6) is 4.25. The van der Waals surface area contributed by atoms with Crippen molar-refractivity contribution in [2.75, 3.05) is 111 Å². The Morgan fingerprint density at radius 3 is 1.11 bits per heavy atom. The van der Waals surface area contributed by atoms with Gasteiger partial charge in [-0.05, 0) is 167 Å². The second-order valence-electron chi connectivity index (χ2n) is 35.9. The largest absolute Gasteiger partial charge is 0.363 e. The van der Waals surface area contributed by atoms with Crippen molar-refractivity contribution in [2.45, 2.75) is 190 Å². The summed E-state index contributed by atoms with van der Waals surface area (Å²) in [5, 5.41) is 61.5. The minimum Gasteiger partial charge on any atom is -0.363 e. The number of amides is 8. The van der Waals surface area contributed by atoms with Crippen molar-refractivity contribution in [3.63, 3.8) is 0 Å². The minimum atomic E-state index is -0.518. The average Bonchev–Trinajstić information content (AvgIpc) is 1.13. The first kappa shape index (κ1) is 96.0. The van der Waals surface area contributed by atoms with Crippen LogP contribution in [0.25, 0.3) is 0 Å². The Hall–Kier alpha value is -12.0. The summed E-state index contributed by atoms with van der Waals surface area (Å²) in [4.78, 5) is 94.1. The minimum absolute atomic E-state index is 0. The van der Waals surface area contributed by atoms with E-state index in [9.17, 15) is 50.3 Å². The molecule has 35 heteroatoms. The van der Waals surface area contributed by atoms with Gasteiger partial charge in [-0.2, -0.15) is 26.3 Å². The molecule has 14 aliphatic rings. The molecule has 10 N–H and O–H groups in total. The fourth-order valence-electron chi connectivity index (χ4n) is 19.9. The standard InChI is InChI=1S/C20H26N6O.C20H25N5O.3C19H24N6O.Y/c21-12-16-6-1-2-7-17(16)13-25-19(23-9-5-8-18(22)14-23)15-24-10-3-4-11-26(24)20(25)27;21-11-15-5-1-2-6-16(15)12-25-19(24-10-3-7-17(22)13-24)14-23-9-4-8-18(23)20(25)26;20-11-14-5-1-2-6-15(14)12-24-18(26)17-8-4-10-25(17)22-19(24)23-9-3-7-16(21)13-23;20-11-15-5-1-2-6-16(15)12-24-18(22-8-3-7-17(21)13-22)14-23-9-4-10-25(23)19(24)26;1-3-24-14(2)22-18(23-10-6-9-17(21)13-23)25(19(24)26)12-16-8-5-4-7-15(16)11-20;/h1-2,6-7,15,18H,3-5,8-11,13-14,22H2;1-2,5-6,14,17-18H,3-4,7-10,12-13,22H2;1-2,5-6,16-17H,3-4,7-10,12-13,21H2;1-2,5-6,14,17H,3-4,7-10,12-13,21H2;4-5,7-8,14,17H,1-3,6,9-10,12-13,21H2;/q;;;;-2;/t18-;17-,18?;16-,17?;17-;14?,17-;/m11111./s1. The Morgan fingerprint density at radius 2 is 0.682 bits per heavy atom. The van der Waals surface area contributed by atoms with Crippen molar-refractivity contribution >= 4 is 41.8 Å². The molecule has 9 saturated heterocycles. The fraction of sp³-hybridized carbons (Fsp3) is 0.485. The monoisotopic (exact) mass is 1860 g/mol. The van der Waals surface area contributed by atoms with Gasteiger partial charge in [0.15, 0.2) is 0 Å². The molecule has 9 fully saturated rings. The van der Waals surface area contributed by atoms with Gasteiger partial charge in [0.05, 0.1) is 103 Å². The first-order valence-electron chi connectivity index (χ1n) is 46.5. The summed E-state index contributed by atoms with van der Waals surface area (Å²) in [5.41, 5.74) is 38.1. The summed E-state index contributed by atoms with van der Waals surface area (Å²) < 4.78 is 0. The first-order valence-corrected chi connectivity index (χ1v) is 46.5. The molecule has 0 spiro atoms. The van der Waals surface area contributed by atoms with Crippen LogP contribution in [0.5, 0.6) is 0 Å². The van der Waals surface area contributed by atoms with Gasteiger partial charge in [0, 0.05) is 180 Å². The van der Waals surface area contributed by atoms with Crippen LogP contribution in [0, 0.1) is 70.5 Å². The third-order valence-electron chi connectivity index (χ3n) is 26.7. The van der Waals surface area contributed by atoms with Crippen LogP contribution < -0.4 is 28.7 Å². The molecule has 14 heterocycles. The van der Waals surface area contributed by atoms with E-state index in [1.807, 2.05) is 127 Å². The number of nitriles is 5. The van der Waals surface area contributed by atoms with Crippen LogP contribution in [0.4, 0.5) is 14.4 Å². The SMILES string of the molecule is N#Cc1ccccc1CN1C(=O)C2CCCN2C=C1N1CCC[C@@H](N)C1.N#Cc1ccccc1CN1C(=O)C2CCCN2N=C1N1CCC[C@@H](N)C1.N#Cc1ccccc1CN1C(=O)N2CCCCN2C=C1N1CCC[C@@H](N)C1.N#Cc1ccccc1CN1C(=O)N2CCCN2C=C1N1CCC[C@@H](N)C1.[CH2-]CN1C(=O)N(Cc2ccccc2C#N)C(N2CCC[C@@H](N)C2)=NC1[CH2-].[Y]. The second kappa shape index (κ2) is 44.9. The van der Waals surface area contributed by atoms with Crippen LogP contribution in [-0.2, 0) is 75.0 Å². The van der Waals surface area contributed by atoms with E-state index in [0.717, 1.165) is 246 Å². The average molecular weight is 1860 g/mol. The van der Waals surface area contributed by atoms with Crippen LogP contribution in [-0.4, -0.2) is 285 Å². The van der Waals surface area contributed by atoms with Crippen molar-refractivity contribution < 1.29 is 56.7 Å². The number of hydrazine groups is 2. The van der Waals surface area contributed by atoms with Crippen LogP contribution in [0.2, 0.25) is 0 Å². The van der Waals surface area contributed by atoms with Gasteiger partial charge in [0.25, 0.3) is 11.8 Å². The zero-order valence-electron chi connectivity index (χ0n) is 75.6. The fourth-order valence-corrected chi connectivity index (χ4v) is 19.9. The molecule has 5 aromatic rings. The number of nitrogens with zero attached hydrogens (tertiary/aromatic N) is 24. The molecular formula is C97H123N29O5Y-2. The summed E-state index contributed by atoms with van der Waals surface area (Å²) in [7, 11) is 0. The zero-order valence-corrected chi connectivity index (χ0v) is 78.5. The number of carbonyl (C=O) groups excluding carboxylic acids is 5. The normalized spacial score (nSPS) is 24.1. The Balaban J connectivity index is 0.000000132. The molecule has 19 rings (SSSR count). The molecule has 3 unspecified atom stereocenters. The molecule has 8 amide bonds. The van der Waals surface area contributed by atoms with Gasteiger partial charge in [-0.3, -0.25) is 61.0 Å². The Morgan fingerprint density at radius 1 is 0.348 bits per heavy atom. The van der Waals surface area contributed by atoms with E-state index in [0.29, 0.717) is 79.0 Å². The van der Waals surface area contributed by atoms with Gasteiger partial charge in [0.1, 0.15) is 29.5 Å². The van der Waals surface area contributed by atoms with E-state index < -0.39 is 6.17 Å². The number of urea groups is 3. The number of hydrogen-bond donors (Lipinski definition) is 5. The molecule has 8 atom stereocenters. The van der Waals surface area contributed by atoms with E-state index in [4.69, 9.17) is 33.8 Å². The van der Waals surface area contributed by atoms with E-state index in [-0.39, 0.29) is 118 Å². The number of nitrogens with two attached hydrogens (primary N) is 5. The molecule has 34 nitrogen and oxygen atoms in total. The predicted octanol–water partition coefficient (Wildman–Crippen LogP) is 7.88. The number of hydrogen-bond acceptors (Lipinski definition) is 26. The quantitative estimate of drug-likeness (QED) is 0.0660. The maximum Gasteiger partial charge on any atom is 0.344 e. The van der Waals surface area contributed by atoms with Crippen LogP contribution in [0.1, 0.15) is 165 Å². The van der Waals surface area contributed by atoms with Gasteiger partial charge >= 0.3 is 18.1 Å². The third kappa shape index (κ3) is 22.1. The van der Waals surface area contributed by atoms with Crippen LogP contribution in [0.3, 0.4) is 0 Å². The zero-order chi connectivity index (χ0) is 91.8. The Kier molecular flexibility index (Phi) is 32.7. The molecule has 691 valence electrons. The number of fused-ring (bicyclic) bond motifs is 4. The molecule has 0 aromatic heterocycles. The number of guanidine groups is 2. The van der Waals surface area contributed by atoms with Crippen LogP contribution >= 0.6 is 0 Å². The van der Waals surface area contributed by atoms with Gasteiger partial charge in [-0.1, -0.05) is 91.0 Å². The molecular weight excluding hydrogens is 1740 g/mol. The molecule has 0 bridgehead atoms. The van der Waals surface area contributed by atoms with Crippen LogP contribution in [0.15, 0.2) is 167 Å². The van der Waals surface area contributed by atoms with Gasteiger partial charge in [-0.15, -0.1) is 11.6 Å². The van der Waals surface area contributed by atoms with E-state index in [1.165, 1.54) is 4.90 Å². The molecule has 132 heavy (non-hydrogen) atoms. The molecule has 1 radical (unpaired) electrons. The van der Waals surface area contributed by atoms with Crippen molar-refractivity contribution in [3.8, 4) is 30.3 Å². The van der Waals surface area contributed by atoms with Gasteiger partial charge < -0.3 is 69.9 Å². The third-order valence-corrected chi connectivity index (χ3v) is 26.7. The Bertz CT molecular complexity index is 4910. The number of likely N-dealkylation sites (tertiary alicyclic amines) is 5. The maximum atomic E-state index is 13.3. The topological polar surface area (TPSA) is 414 Å². The molecule has 0 aliphatic carbocycles. The summed E-state index contributed by atoms with van der Waals surface area (Å²) >= 11 is 0. The first-order chi connectivity index (χ1) is 63.7. The molecule has 5 aromatic carbocycles. The van der Waals surface area contributed by atoms with Gasteiger partial charge in [0.2, 0.25) is 11.9 Å². The Labute approximate surface area is 800 Å². The summed E-state index contributed by atoms with van der Waals surface area (Å²) in [6, 6.07) is 48.5. The van der Waals surface area contributed by atoms with Crippen molar-refractivity contribution in [2.24, 2.45) is 38.8 Å². The number of rotatable bonds is 14. The number of carbonyl (C=O) groups is 5. The number of benzene rings is 5.